The predicted molar refractivity (Wildman–Crippen MR) is 206 cm³/mol. The number of imidazole rings is 2. The monoisotopic (exact) mass is 754 g/mol. The van der Waals surface area contributed by atoms with Gasteiger partial charge in [-0.25, -0.2) is 19.9 Å². The van der Waals surface area contributed by atoms with Crippen molar-refractivity contribution in [3.63, 3.8) is 0 Å². The maximum atomic E-state index is 11.5. The van der Waals surface area contributed by atoms with Crippen molar-refractivity contribution in [1.82, 2.24) is 29.1 Å². The summed E-state index contributed by atoms with van der Waals surface area (Å²) in [5.74, 6) is 5.13. The third-order valence-electron chi connectivity index (χ3n) is 15.6. The van der Waals surface area contributed by atoms with Gasteiger partial charge in [0.15, 0.2) is 0 Å². The Labute approximate surface area is 322 Å². The minimum absolute atomic E-state index is 0. The molecular formula is C43H52Cl2N6O2. The van der Waals surface area contributed by atoms with Gasteiger partial charge < -0.3 is 19.3 Å². The quantitative estimate of drug-likeness (QED) is 0.190. The number of fused-ring (bicyclic) bond motifs is 6. The first kappa shape index (κ1) is 34.7. The van der Waals surface area contributed by atoms with Gasteiger partial charge in [-0.15, -0.1) is 0 Å². The van der Waals surface area contributed by atoms with E-state index in [0.29, 0.717) is 10.3 Å². The number of halogens is 2. The van der Waals surface area contributed by atoms with E-state index in [1.54, 1.807) is 0 Å². The number of aliphatic hydroxyl groups is 2. The van der Waals surface area contributed by atoms with Crippen LogP contribution in [0.25, 0.3) is 22.5 Å². The normalized spacial score (nSPS) is 36.9. The van der Waals surface area contributed by atoms with Crippen molar-refractivity contribution in [3.05, 3.63) is 71.0 Å². The number of nitrogens with zero attached hydrogens (tertiary/aromatic N) is 6. The zero-order valence-electron chi connectivity index (χ0n) is 29.6. The molecule has 8 aliphatic carbocycles. The predicted octanol–water partition coefficient (Wildman–Crippen LogP) is 9.57. The fraction of sp³-hybridized carbons (Fsp3) is 0.628. The van der Waals surface area contributed by atoms with Crippen molar-refractivity contribution >= 4 is 23.2 Å². The second-order valence-corrected chi connectivity index (χ2v) is 19.4. The molecule has 4 atom stereocenters. The molecule has 0 spiro atoms. The minimum atomic E-state index is -0.256. The molecule has 8 saturated carbocycles. The molecule has 10 heteroatoms. The van der Waals surface area contributed by atoms with Gasteiger partial charge in [-0.05, 0) is 159 Å². The SMILES string of the molecule is C.OC(CC1c2cc(Cl)ncc2-c2cncn21)C12CC3CC(CC(C3)C1)C2.OC(CC1c2cc(Cl)ncc2-c2cncn21)C12CC3CC(CC(C3)C1)C2. The maximum absolute atomic E-state index is 11.5. The van der Waals surface area contributed by atoms with Gasteiger partial charge >= 0.3 is 0 Å². The first-order valence-electron chi connectivity index (χ1n) is 19.9. The van der Waals surface area contributed by atoms with Crippen LogP contribution in [0, 0.1) is 46.3 Å². The van der Waals surface area contributed by atoms with E-state index in [4.69, 9.17) is 23.2 Å². The summed E-state index contributed by atoms with van der Waals surface area (Å²) in [7, 11) is 0. The highest BCUT2D eigenvalue weighted by Gasteiger charge is 2.56. The number of rotatable bonds is 6. The van der Waals surface area contributed by atoms with E-state index >= 15 is 0 Å². The van der Waals surface area contributed by atoms with Crippen molar-refractivity contribution in [3.8, 4) is 22.5 Å². The summed E-state index contributed by atoms with van der Waals surface area (Å²) in [6.45, 7) is 0. The van der Waals surface area contributed by atoms with Crippen molar-refractivity contribution in [2.45, 2.75) is 122 Å². The van der Waals surface area contributed by atoms with Gasteiger partial charge in [0, 0.05) is 23.5 Å². The van der Waals surface area contributed by atoms with Crippen LogP contribution in [0.1, 0.15) is 121 Å². The maximum Gasteiger partial charge on any atom is 0.129 e. The molecule has 0 aromatic carbocycles. The molecule has 2 N–H and O–H groups in total. The molecule has 53 heavy (non-hydrogen) atoms. The molecule has 10 aliphatic rings. The van der Waals surface area contributed by atoms with Crippen LogP contribution in [0.15, 0.2) is 49.6 Å². The Morgan fingerprint density at radius 3 is 1.26 bits per heavy atom. The molecule has 0 saturated heterocycles. The second-order valence-electron chi connectivity index (χ2n) is 18.7. The van der Waals surface area contributed by atoms with Crippen molar-refractivity contribution in [2.75, 3.05) is 0 Å². The summed E-state index contributed by atoms with van der Waals surface area (Å²) >= 11 is 12.4. The molecule has 14 rings (SSSR count). The highest BCUT2D eigenvalue weighted by molar-refractivity contribution is 6.29. The summed E-state index contributed by atoms with van der Waals surface area (Å²) in [6.07, 6.45) is 28.1. The molecule has 0 radical (unpaired) electrons. The lowest BCUT2D eigenvalue weighted by molar-refractivity contribution is -0.124. The fourth-order valence-electron chi connectivity index (χ4n) is 14.3. The average molecular weight is 756 g/mol. The Balaban J connectivity index is 0.000000129. The lowest BCUT2D eigenvalue weighted by Crippen LogP contribution is -2.52. The van der Waals surface area contributed by atoms with Gasteiger partial charge in [0.2, 0.25) is 0 Å². The summed E-state index contributed by atoms with van der Waals surface area (Å²) < 4.78 is 4.40. The van der Waals surface area contributed by atoms with Crippen LogP contribution in [-0.2, 0) is 0 Å². The summed E-state index contributed by atoms with van der Waals surface area (Å²) in [4.78, 5) is 17.2. The van der Waals surface area contributed by atoms with E-state index in [1.807, 2.05) is 49.6 Å². The molecule has 6 heterocycles. The Kier molecular flexibility index (Phi) is 8.26. The van der Waals surface area contributed by atoms with Crippen LogP contribution < -0.4 is 0 Å². The average Bonchev–Trinajstić information content (AvgIpc) is 3.88. The van der Waals surface area contributed by atoms with E-state index in [2.05, 4.69) is 29.1 Å². The molecule has 280 valence electrons. The van der Waals surface area contributed by atoms with E-state index < -0.39 is 0 Å². The lowest BCUT2D eigenvalue weighted by Gasteiger charge is -2.58. The minimum Gasteiger partial charge on any atom is -0.392 e. The van der Waals surface area contributed by atoms with Gasteiger partial charge in [-0.3, -0.25) is 0 Å². The van der Waals surface area contributed by atoms with E-state index in [-0.39, 0.29) is 42.5 Å². The van der Waals surface area contributed by atoms with Crippen molar-refractivity contribution < 1.29 is 10.2 Å². The Hall–Kier alpha value is -2.78. The molecule has 2 aliphatic heterocycles. The van der Waals surface area contributed by atoms with Gasteiger partial charge in [0.1, 0.15) is 10.3 Å². The first-order chi connectivity index (χ1) is 25.2. The molecule has 8 nitrogen and oxygen atoms in total. The molecule has 8 bridgehead atoms. The largest absolute Gasteiger partial charge is 0.392 e. The third kappa shape index (κ3) is 5.50. The lowest BCUT2D eigenvalue weighted by atomic mass is 9.48. The van der Waals surface area contributed by atoms with E-state index in [9.17, 15) is 10.2 Å². The number of hydrogen-bond donors (Lipinski definition) is 2. The Morgan fingerprint density at radius 1 is 0.585 bits per heavy atom. The topological polar surface area (TPSA) is 102 Å². The molecule has 0 amide bonds. The number of pyridine rings is 2. The fourth-order valence-corrected chi connectivity index (χ4v) is 14.6. The third-order valence-corrected chi connectivity index (χ3v) is 16.0. The molecule has 4 aromatic rings. The summed E-state index contributed by atoms with van der Waals surface area (Å²) in [5, 5.41) is 24.0. The van der Waals surface area contributed by atoms with Crippen LogP contribution in [0.5, 0.6) is 0 Å². The van der Waals surface area contributed by atoms with Crippen LogP contribution in [-0.4, -0.2) is 51.5 Å². The highest BCUT2D eigenvalue weighted by Crippen LogP contribution is 2.64. The van der Waals surface area contributed by atoms with Crippen LogP contribution >= 0.6 is 23.2 Å². The standard InChI is InChI=1S/2C21H24ClN3O.CH4/c2*22-20-4-15-16(9-24-20)18-10-23-11-25(18)17(15)5-19(26)21-6-12-1-13(7-21)3-14(2-12)8-21;/h2*4,9-14,17,19,26H,1-3,5-8H2;1H4. The number of aliphatic hydroxyl groups excluding tert-OH is 2. The van der Waals surface area contributed by atoms with E-state index in [1.165, 1.54) is 88.2 Å². The molecular weight excluding hydrogens is 703 g/mol. The Bertz CT molecular complexity index is 1830. The van der Waals surface area contributed by atoms with Crippen LogP contribution in [0.2, 0.25) is 10.3 Å². The Morgan fingerprint density at radius 2 is 0.925 bits per heavy atom. The molecule has 8 fully saturated rings. The molecule has 4 aromatic heterocycles. The van der Waals surface area contributed by atoms with Gasteiger partial charge in [0.05, 0.1) is 60.7 Å². The smallest absolute Gasteiger partial charge is 0.129 e. The van der Waals surface area contributed by atoms with Crippen LogP contribution in [0.4, 0.5) is 0 Å². The van der Waals surface area contributed by atoms with Crippen molar-refractivity contribution in [2.24, 2.45) is 46.3 Å². The van der Waals surface area contributed by atoms with Gasteiger partial charge in [-0.2, -0.15) is 0 Å². The second kappa shape index (κ2) is 12.6. The zero-order valence-corrected chi connectivity index (χ0v) is 31.1. The first-order valence-corrected chi connectivity index (χ1v) is 20.7. The zero-order chi connectivity index (χ0) is 34.9. The summed E-state index contributed by atoms with van der Waals surface area (Å²) in [6, 6.07) is 4.18. The summed E-state index contributed by atoms with van der Waals surface area (Å²) in [5.41, 5.74) is 7.06. The van der Waals surface area contributed by atoms with Gasteiger partial charge in [0.25, 0.3) is 0 Å². The number of aromatic nitrogens is 6. The van der Waals surface area contributed by atoms with Crippen LogP contribution in [0.3, 0.4) is 0 Å². The molecule has 4 unspecified atom stereocenters. The highest BCUT2D eigenvalue weighted by atomic mass is 35.5. The van der Waals surface area contributed by atoms with E-state index in [0.717, 1.165) is 70.9 Å². The van der Waals surface area contributed by atoms with Crippen molar-refractivity contribution in [1.29, 1.82) is 0 Å². The van der Waals surface area contributed by atoms with Gasteiger partial charge in [-0.1, -0.05) is 30.6 Å². The number of hydrogen-bond acceptors (Lipinski definition) is 6.